The highest BCUT2D eigenvalue weighted by Gasteiger charge is 2.47. The molecule has 0 radical (unpaired) electrons. The highest BCUT2D eigenvalue weighted by atomic mass is 16.5. The van der Waals surface area contributed by atoms with E-state index in [0.717, 1.165) is 24.4 Å². The molecule has 0 aromatic carbocycles. The first kappa shape index (κ1) is 12.9. The molecule has 3 aliphatic rings. The predicted octanol–water partition coefficient (Wildman–Crippen LogP) is 0.410. The average Bonchev–Trinajstić information content (AvgIpc) is 2.86. The van der Waals surface area contributed by atoms with Crippen molar-refractivity contribution in [2.75, 3.05) is 46.4 Å². The Kier molecular flexibility index (Phi) is 3.89. The summed E-state index contributed by atoms with van der Waals surface area (Å²) in [5.41, 5.74) is 0. The third-order valence-electron chi connectivity index (χ3n) is 5.02. The summed E-state index contributed by atoms with van der Waals surface area (Å²) in [4.78, 5) is 5.17. The molecule has 0 aliphatic carbocycles. The lowest BCUT2D eigenvalue weighted by Crippen LogP contribution is -2.41. The molecule has 0 amide bonds. The topological polar surface area (TPSA) is 35.9 Å². The Bertz CT molecular complexity index is 287. The summed E-state index contributed by atoms with van der Waals surface area (Å²) in [7, 11) is 1.65. The number of likely N-dealkylation sites (tertiary alicyclic amines) is 1. The van der Waals surface area contributed by atoms with Crippen LogP contribution in [0.2, 0.25) is 0 Å². The lowest BCUT2D eigenvalue weighted by atomic mass is 9.90. The summed E-state index contributed by atoms with van der Waals surface area (Å²) in [5.74, 6) is 1.71. The van der Waals surface area contributed by atoms with E-state index in [1.807, 2.05) is 0 Å². The molecule has 18 heavy (non-hydrogen) atoms. The van der Waals surface area contributed by atoms with E-state index in [-0.39, 0.29) is 6.10 Å². The first-order chi connectivity index (χ1) is 8.78. The van der Waals surface area contributed by atoms with Gasteiger partial charge in [0.25, 0.3) is 0 Å². The van der Waals surface area contributed by atoms with E-state index in [1.165, 1.54) is 45.4 Å². The highest BCUT2D eigenvalue weighted by Crippen LogP contribution is 2.40. The minimum Gasteiger partial charge on any atom is -0.389 e. The van der Waals surface area contributed by atoms with Gasteiger partial charge in [-0.2, -0.15) is 0 Å². The first-order valence-electron chi connectivity index (χ1n) is 7.41. The normalized spacial score (nSPS) is 38.7. The Morgan fingerprint density at radius 3 is 3.00 bits per heavy atom. The number of methoxy groups -OCH3 is 1. The fraction of sp³-hybridized carbons (Fsp3) is 1.00. The summed E-state index contributed by atoms with van der Waals surface area (Å²) in [6, 6.07) is 0.841. The number of fused-ring (bicyclic) bond motifs is 3. The maximum absolute atomic E-state index is 9.83. The fourth-order valence-electron chi connectivity index (χ4n) is 4.34. The van der Waals surface area contributed by atoms with Gasteiger partial charge in [-0.15, -0.1) is 0 Å². The molecule has 0 saturated carbocycles. The van der Waals surface area contributed by atoms with Gasteiger partial charge >= 0.3 is 0 Å². The van der Waals surface area contributed by atoms with Crippen LogP contribution in [0.3, 0.4) is 0 Å². The molecule has 3 heterocycles. The number of hydrogen-bond acceptors (Lipinski definition) is 4. The number of nitrogens with zero attached hydrogens (tertiary/aromatic N) is 2. The molecule has 4 atom stereocenters. The van der Waals surface area contributed by atoms with Crippen LogP contribution < -0.4 is 0 Å². The molecule has 4 heteroatoms. The Hall–Kier alpha value is -0.160. The summed E-state index contributed by atoms with van der Waals surface area (Å²) >= 11 is 0. The van der Waals surface area contributed by atoms with E-state index in [4.69, 9.17) is 4.74 Å². The molecule has 0 spiro atoms. The second-order valence-corrected chi connectivity index (χ2v) is 6.31. The molecule has 104 valence electrons. The van der Waals surface area contributed by atoms with Crippen LogP contribution in [0.25, 0.3) is 0 Å². The predicted molar refractivity (Wildman–Crippen MR) is 70.5 cm³/mol. The minimum absolute atomic E-state index is 0.323. The van der Waals surface area contributed by atoms with Crippen LogP contribution >= 0.6 is 0 Å². The van der Waals surface area contributed by atoms with E-state index >= 15 is 0 Å². The molecule has 4 unspecified atom stereocenters. The summed E-state index contributed by atoms with van der Waals surface area (Å²) in [6.07, 6.45) is 3.88. The van der Waals surface area contributed by atoms with Crippen molar-refractivity contribution in [1.29, 1.82) is 0 Å². The van der Waals surface area contributed by atoms with Gasteiger partial charge in [-0.05, 0) is 31.2 Å². The zero-order chi connectivity index (χ0) is 12.5. The number of aliphatic hydroxyl groups excluding tert-OH is 1. The van der Waals surface area contributed by atoms with Crippen LogP contribution in [0, 0.1) is 11.8 Å². The van der Waals surface area contributed by atoms with Gasteiger partial charge in [0.15, 0.2) is 0 Å². The molecular weight excluding hydrogens is 228 g/mol. The molecule has 1 N–H and O–H groups in total. The van der Waals surface area contributed by atoms with Gasteiger partial charge in [-0.3, -0.25) is 9.80 Å². The van der Waals surface area contributed by atoms with Crippen molar-refractivity contribution < 1.29 is 9.84 Å². The number of aliphatic hydroxyl groups is 1. The van der Waals surface area contributed by atoms with Gasteiger partial charge in [0.05, 0.1) is 12.7 Å². The van der Waals surface area contributed by atoms with E-state index in [9.17, 15) is 5.11 Å². The molecular formula is C14H26N2O2. The van der Waals surface area contributed by atoms with Crippen LogP contribution in [0.15, 0.2) is 0 Å². The first-order valence-corrected chi connectivity index (χ1v) is 7.41. The number of β-amino-alcohol motifs (C(OH)–C–C–N with tert-alkyl or cyclic N) is 1. The van der Waals surface area contributed by atoms with Crippen LogP contribution in [-0.2, 0) is 4.74 Å². The molecule has 3 fully saturated rings. The average molecular weight is 254 g/mol. The number of hydrogen-bond donors (Lipinski definition) is 1. The van der Waals surface area contributed by atoms with Gasteiger partial charge in [0, 0.05) is 39.3 Å². The Labute approximate surface area is 110 Å². The summed E-state index contributed by atoms with van der Waals surface area (Å²) in [6.45, 7) is 6.23. The van der Waals surface area contributed by atoms with Crippen molar-refractivity contribution in [3.63, 3.8) is 0 Å². The molecule has 3 rings (SSSR count). The second-order valence-electron chi connectivity index (χ2n) is 6.31. The van der Waals surface area contributed by atoms with E-state index in [0.29, 0.717) is 6.61 Å². The smallest absolute Gasteiger partial charge is 0.0900 e. The molecule has 0 bridgehead atoms. The van der Waals surface area contributed by atoms with Gasteiger partial charge in [0.2, 0.25) is 0 Å². The highest BCUT2D eigenvalue weighted by molar-refractivity contribution is 5.00. The number of piperidine rings is 1. The maximum Gasteiger partial charge on any atom is 0.0900 e. The van der Waals surface area contributed by atoms with E-state index < -0.39 is 0 Å². The fourth-order valence-corrected chi connectivity index (χ4v) is 4.34. The molecule has 0 aromatic heterocycles. The van der Waals surface area contributed by atoms with E-state index in [2.05, 4.69) is 9.80 Å². The van der Waals surface area contributed by atoms with Crippen LogP contribution in [0.4, 0.5) is 0 Å². The number of ether oxygens (including phenoxy) is 1. The third-order valence-corrected chi connectivity index (χ3v) is 5.02. The van der Waals surface area contributed by atoms with Crippen molar-refractivity contribution in [2.45, 2.75) is 31.4 Å². The SMILES string of the molecule is COCC(O)CN1CC2CN3CCCCC3C2C1. The largest absolute Gasteiger partial charge is 0.389 e. The minimum atomic E-state index is -0.323. The van der Waals surface area contributed by atoms with E-state index in [1.54, 1.807) is 7.11 Å². The monoisotopic (exact) mass is 254 g/mol. The summed E-state index contributed by atoms with van der Waals surface area (Å²) in [5, 5.41) is 9.83. The van der Waals surface area contributed by atoms with Crippen molar-refractivity contribution in [1.82, 2.24) is 9.80 Å². The lowest BCUT2D eigenvalue weighted by Gasteiger charge is -2.33. The Morgan fingerprint density at radius 2 is 2.17 bits per heavy atom. The zero-order valence-corrected chi connectivity index (χ0v) is 11.4. The molecule has 4 nitrogen and oxygen atoms in total. The Balaban J connectivity index is 1.53. The second kappa shape index (κ2) is 5.45. The Morgan fingerprint density at radius 1 is 1.28 bits per heavy atom. The molecule has 3 aliphatic heterocycles. The number of rotatable bonds is 4. The van der Waals surface area contributed by atoms with Crippen LogP contribution in [-0.4, -0.2) is 73.5 Å². The zero-order valence-electron chi connectivity index (χ0n) is 11.4. The van der Waals surface area contributed by atoms with Gasteiger partial charge in [0.1, 0.15) is 0 Å². The molecule has 0 aromatic rings. The lowest BCUT2D eigenvalue weighted by molar-refractivity contribution is 0.0387. The van der Waals surface area contributed by atoms with Crippen molar-refractivity contribution in [3.05, 3.63) is 0 Å². The van der Waals surface area contributed by atoms with Crippen molar-refractivity contribution in [2.24, 2.45) is 11.8 Å². The molecule has 3 saturated heterocycles. The third kappa shape index (κ3) is 2.44. The maximum atomic E-state index is 9.83. The van der Waals surface area contributed by atoms with Crippen molar-refractivity contribution in [3.8, 4) is 0 Å². The van der Waals surface area contributed by atoms with Crippen LogP contribution in [0.5, 0.6) is 0 Å². The summed E-state index contributed by atoms with van der Waals surface area (Å²) < 4.78 is 5.01. The van der Waals surface area contributed by atoms with Gasteiger partial charge in [-0.1, -0.05) is 6.42 Å². The van der Waals surface area contributed by atoms with Crippen LogP contribution in [0.1, 0.15) is 19.3 Å². The van der Waals surface area contributed by atoms with Gasteiger partial charge in [-0.25, -0.2) is 0 Å². The quantitative estimate of drug-likeness (QED) is 0.788. The van der Waals surface area contributed by atoms with Crippen molar-refractivity contribution >= 4 is 0 Å². The standard InChI is InChI=1S/C14H26N2O2/c1-18-10-12(17)8-15-6-11-7-16-5-3-2-4-14(16)13(11)9-15/h11-14,17H,2-10H2,1H3. The van der Waals surface area contributed by atoms with Gasteiger partial charge < -0.3 is 9.84 Å².